The van der Waals surface area contributed by atoms with E-state index in [1.54, 1.807) is 0 Å². The molecule has 0 spiro atoms. The average Bonchev–Trinajstić information content (AvgIpc) is 2.87. The van der Waals surface area contributed by atoms with Gasteiger partial charge in [0.05, 0.1) is 5.41 Å². The van der Waals surface area contributed by atoms with Gasteiger partial charge in [0.15, 0.2) is 0 Å². The summed E-state index contributed by atoms with van der Waals surface area (Å²) >= 11 is 0. The first-order valence-corrected chi connectivity index (χ1v) is 5.86. The summed E-state index contributed by atoms with van der Waals surface area (Å²) in [5.74, 6) is 0.601. The van der Waals surface area contributed by atoms with Gasteiger partial charge in [-0.3, -0.25) is 4.79 Å². The van der Waals surface area contributed by atoms with Gasteiger partial charge in [-0.25, -0.2) is 0 Å². The fourth-order valence-electron chi connectivity index (χ4n) is 2.96. The molecule has 0 saturated heterocycles. The maximum absolute atomic E-state index is 11.3. The van der Waals surface area contributed by atoms with Crippen molar-refractivity contribution < 1.29 is 9.90 Å². The number of aliphatic carboxylic acids is 1. The summed E-state index contributed by atoms with van der Waals surface area (Å²) in [7, 11) is 0. The van der Waals surface area contributed by atoms with Crippen molar-refractivity contribution >= 4 is 5.97 Å². The highest BCUT2D eigenvalue weighted by atomic mass is 16.4. The molecule has 0 aromatic rings. The molecule has 1 unspecified atom stereocenters. The van der Waals surface area contributed by atoms with Crippen LogP contribution in [0.15, 0.2) is 0 Å². The molecule has 80 valence electrons. The quantitative estimate of drug-likeness (QED) is 0.750. The second-order valence-corrected chi connectivity index (χ2v) is 5.35. The van der Waals surface area contributed by atoms with Crippen molar-refractivity contribution in [2.45, 2.75) is 51.9 Å². The lowest BCUT2D eigenvalue weighted by atomic mass is 9.76. The second kappa shape index (κ2) is 3.56. The Morgan fingerprint density at radius 3 is 2.29 bits per heavy atom. The number of hydrogen-bond acceptors (Lipinski definition) is 1. The van der Waals surface area contributed by atoms with Crippen molar-refractivity contribution in [2.24, 2.45) is 17.3 Å². The molecule has 2 heteroatoms. The Morgan fingerprint density at radius 1 is 1.29 bits per heavy atom. The van der Waals surface area contributed by atoms with Crippen LogP contribution in [0.1, 0.15) is 51.9 Å². The van der Waals surface area contributed by atoms with Gasteiger partial charge in [-0.2, -0.15) is 0 Å². The third-order valence-electron chi connectivity index (χ3n) is 4.15. The van der Waals surface area contributed by atoms with Gasteiger partial charge < -0.3 is 5.11 Å². The van der Waals surface area contributed by atoms with Crippen LogP contribution in [0.2, 0.25) is 0 Å². The third kappa shape index (κ3) is 1.79. The van der Waals surface area contributed by atoms with E-state index >= 15 is 0 Å². The van der Waals surface area contributed by atoms with E-state index in [-0.39, 0.29) is 0 Å². The first-order valence-electron chi connectivity index (χ1n) is 5.86. The zero-order valence-corrected chi connectivity index (χ0v) is 8.96. The van der Waals surface area contributed by atoms with E-state index in [1.165, 1.54) is 25.7 Å². The molecule has 0 aliphatic heterocycles. The second-order valence-electron chi connectivity index (χ2n) is 5.35. The Labute approximate surface area is 85.7 Å². The van der Waals surface area contributed by atoms with Crippen LogP contribution in [-0.2, 0) is 4.79 Å². The summed E-state index contributed by atoms with van der Waals surface area (Å²) in [5, 5.41) is 9.30. The molecule has 1 atom stereocenters. The fraction of sp³-hybridized carbons (Fsp3) is 0.917. The number of carboxylic acid groups (broad SMARTS) is 1. The van der Waals surface area contributed by atoms with Crippen LogP contribution < -0.4 is 0 Å². The van der Waals surface area contributed by atoms with Crippen molar-refractivity contribution in [2.75, 3.05) is 0 Å². The van der Waals surface area contributed by atoms with Gasteiger partial charge in [-0.15, -0.1) is 0 Å². The molecule has 2 fully saturated rings. The van der Waals surface area contributed by atoms with Gasteiger partial charge in [0.25, 0.3) is 0 Å². The molecule has 2 aliphatic rings. The summed E-state index contributed by atoms with van der Waals surface area (Å²) in [6, 6.07) is 0. The van der Waals surface area contributed by atoms with Crippen molar-refractivity contribution in [1.29, 1.82) is 0 Å². The minimum Gasteiger partial charge on any atom is -0.481 e. The molecule has 2 nitrogen and oxygen atoms in total. The third-order valence-corrected chi connectivity index (χ3v) is 4.15. The van der Waals surface area contributed by atoms with E-state index < -0.39 is 11.4 Å². The summed E-state index contributed by atoms with van der Waals surface area (Å²) in [5.41, 5.74) is -0.408. The van der Waals surface area contributed by atoms with E-state index in [0.717, 1.165) is 19.3 Å². The highest BCUT2D eigenvalue weighted by Gasteiger charge is 2.48. The average molecular weight is 196 g/mol. The SMILES string of the molecule is CC(CC1CCCC1)(C(=O)O)C1CC1. The lowest BCUT2D eigenvalue weighted by Gasteiger charge is -2.27. The van der Waals surface area contributed by atoms with Crippen molar-refractivity contribution in [1.82, 2.24) is 0 Å². The molecule has 2 rings (SSSR count). The van der Waals surface area contributed by atoms with E-state index in [9.17, 15) is 9.90 Å². The Balaban J connectivity index is 1.99. The first kappa shape index (κ1) is 10.0. The van der Waals surface area contributed by atoms with E-state index in [1.807, 2.05) is 6.92 Å². The Bertz CT molecular complexity index is 226. The number of carboxylic acids is 1. The molecule has 2 saturated carbocycles. The van der Waals surface area contributed by atoms with E-state index in [0.29, 0.717) is 11.8 Å². The fourth-order valence-corrected chi connectivity index (χ4v) is 2.96. The molecule has 2 aliphatic carbocycles. The zero-order valence-electron chi connectivity index (χ0n) is 8.96. The summed E-state index contributed by atoms with van der Waals surface area (Å²) in [4.78, 5) is 11.3. The van der Waals surface area contributed by atoms with E-state index in [4.69, 9.17) is 0 Å². The number of carbonyl (C=O) groups is 1. The van der Waals surface area contributed by atoms with Gasteiger partial charge in [0, 0.05) is 0 Å². The molecule has 0 heterocycles. The minimum absolute atomic E-state index is 0.408. The van der Waals surface area contributed by atoms with Gasteiger partial charge in [-0.05, 0) is 38.0 Å². The highest BCUT2D eigenvalue weighted by molar-refractivity contribution is 5.75. The zero-order chi connectivity index (χ0) is 10.2. The van der Waals surface area contributed by atoms with Crippen molar-refractivity contribution in [3.8, 4) is 0 Å². The predicted octanol–water partition coefficient (Wildman–Crippen LogP) is 3.07. The standard InChI is InChI=1S/C12H20O2/c1-12(11(13)14,10-6-7-10)8-9-4-2-3-5-9/h9-10H,2-8H2,1H3,(H,13,14). The molecule has 0 amide bonds. The minimum atomic E-state index is -0.563. The Morgan fingerprint density at radius 2 is 1.86 bits per heavy atom. The van der Waals surface area contributed by atoms with Gasteiger partial charge in [0.2, 0.25) is 0 Å². The van der Waals surface area contributed by atoms with Crippen molar-refractivity contribution in [3.63, 3.8) is 0 Å². The summed E-state index contributed by atoms with van der Waals surface area (Å²) in [6.07, 6.45) is 8.33. The van der Waals surface area contributed by atoms with Crippen LogP contribution in [0.25, 0.3) is 0 Å². The Hall–Kier alpha value is -0.530. The van der Waals surface area contributed by atoms with Crippen LogP contribution in [-0.4, -0.2) is 11.1 Å². The highest BCUT2D eigenvalue weighted by Crippen LogP contribution is 2.50. The number of rotatable bonds is 4. The van der Waals surface area contributed by atoms with Crippen LogP contribution in [0.4, 0.5) is 0 Å². The maximum Gasteiger partial charge on any atom is 0.309 e. The van der Waals surface area contributed by atoms with Crippen molar-refractivity contribution in [3.05, 3.63) is 0 Å². The molecular weight excluding hydrogens is 176 g/mol. The maximum atomic E-state index is 11.3. The van der Waals surface area contributed by atoms with Gasteiger partial charge >= 0.3 is 5.97 Å². The lowest BCUT2D eigenvalue weighted by molar-refractivity contribution is -0.150. The molecular formula is C12H20O2. The van der Waals surface area contributed by atoms with Gasteiger partial charge in [0.1, 0.15) is 0 Å². The first-order chi connectivity index (χ1) is 6.63. The monoisotopic (exact) mass is 196 g/mol. The van der Waals surface area contributed by atoms with Gasteiger partial charge in [-0.1, -0.05) is 25.7 Å². The molecule has 0 bridgehead atoms. The molecule has 0 aromatic heterocycles. The normalized spacial score (nSPS) is 27.5. The molecule has 0 radical (unpaired) electrons. The largest absolute Gasteiger partial charge is 0.481 e. The topological polar surface area (TPSA) is 37.3 Å². The summed E-state index contributed by atoms with van der Waals surface area (Å²) < 4.78 is 0. The molecule has 0 aromatic carbocycles. The lowest BCUT2D eigenvalue weighted by Crippen LogP contribution is -2.32. The van der Waals surface area contributed by atoms with Crippen LogP contribution >= 0.6 is 0 Å². The Kier molecular flexibility index (Phi) is 2.54. The molecule has 1 N–H and O–H groups in total. The number of hydrogen-bond donors (Lipinski definition) is 1. The van der Waals surface area contributed by atoms with Crippen LogP contribution in [0, 0.1) is 17.3 Å². The predicted molar refractivity (Wildman–Crippen MR) is 55.0 cm³/mol. The summed E-state index contributed by atoms with van der Waals surface area (Å²) in [6.45, 7) is 1.96. The van der Waals surface area contributed by atoms with Crippen LogP contribution in [0.5, 0.6) is 0 Å². The van der Waals surface area contributed by atoms with Crippen LogP contribution in [0.3, 0.4) is 0 Å². The van der Waals surface area contributed by atoms with E-state index in [2.05, 4.69) is 0 Å². The molecule has 14 heavy (non-hydrogen) atoms. The smallest absolute Gasteiger partial charge is 0.309 e.